The number of rotatable bonds is 7. The van der Waals surface area contributed by atoms with E-state index in [-0.39, 0.29) is 6.61 Å². The second kappa shape index (κ2) is 7.24. The predicted molar refractivity (Wildman–Crippen MR) is 89.4 cm³/mol. The molecule has 1 aromatic heterocycles. The Bertz CT molecular complexity index is 778. The standard InChI is InChI=1S/C18H21N3O2/c1-2-6-17-16(13-22)19-20-21(17)11-12-23-18-10-5-8-14-7-3-4-9-15(14)18/h3-5,7-10,22H,2,6,11-13H2,1H3. The highest BCUT2D eigenvalue weighted by Gasteiger charge is 2.11. The van der Waals surface area contributed by atoms with Crippen LogP contribution in [-0.2, 0) is 19.6 Å². The van der Waals surface area contributed by atoms with Crippen molar-refractivity contribution in [2.75, 3.05) is 6.61 Å². The molecular formula is C18H21N3O2. The summed E-state index contributed by atoms with van der Waals surface area (Å²) in [4.78, 5) is 0. The molecule has 0 saturated carbocycles. The molecule has 0 bridgehead atoms. The van der Waals surface area contributed by atoms with Crippen LogP contribution in [0.4, 0.5) is 0 Å². The predicted octanol–water partition coefficient (Wildman–Crippen LogP) is 2.96. The number of aromatic nitrogens is 3. The van der Waals surface area contributed by atoms with E-state index in [1.807, 2.05) is 28.9 Å². The smallest absolute Gasteiger partial charge is 0.127 e. The highest BCUT2D eigenvalue weighted by Crippen LogP contribution is 2.25. The highest BCUT2D eigenvalue weighted by atomic mass is 16.5. The van der Waals surface area contributed by atoms with Gasteiger partial charge in [0.2, 0.25) is 0 Å². The third kappa shape index (κ3) is 3.35. The molecule has 0 radical (unpaired) electrons. The van der Waals surface area contributed by atoms with Crippen LogP contribution < -0.4 is 4.74 Å². The van der Waals surface area contributed by atoms with Crippen molar-refractivity contribution < 1.29 is 9.84 Å². The molecular weight excluding hydrogens is 290 g/mol. The van der Waals surface area contributed by atoms with Crippen LogP contribution in [0.15, 0.2) is 42.5 Å². The van der Waals surface area contributed by atoms with Crippen molar-refractivity contribution >= 4 is 10.8 Å². The van der Waals surface area contributed by atoms with E-state index >= 15 is 0 Å². The minimum atomic E-state index is -0.0699. The van der Waals surface area contributed by atoms with Crippen LogP contribution in [-0.4, -0.2) is 26.7 Å². The summed E-state index contributed by atoms with van der Waals surface area (Å²) in [6, 6.07) is 14.2. The van der Waals surface area contributed by atoms with E-state index in [1.54, 1.807) is 0 Å². The van der Waals surface area contributed by atoms with Gasteiger partial charge in [0.05, 0.1) is 18.8 Å². The fourth-order valence-electron chi connectivity index (χ4n) is 2.74. The molecule has 23 heavy (non-hydrogen) atoms. The lowest BCUT2D eigenvalue weighted by molar-refractivity contribution is 0.274. The second-order valence-electron chi connectivity index (χ2n) is 5.44. The molecule has 120 valence electrons. The van der Waals surface area contributed by atoms with Gasteiger partial charge in [-0.05, 0) is 17.9 Å². The van der Waals surface area contributed by atoms with Crippen LogP contribution in [0.3, 0.4) is 0 Å². The third-order valence-electron chi connectivity index (χ3n) is 3.86. The minimum absolute atomic E-state index is 0.0699. The van der Waals surface area contributed by atoms with E-state index in [1.165, 1.54) is 5.39 Å². The fourth-order valence-corrected chi connectivity index (χ4v) is 2.74. The van der Waals surface area contributed by atoms with E-state index in [0.717, 1.165) is 29.7 Å². The molecule has 0 spiro atoms. The quantitative estimate of drug-likeness (QED) is 0.729. The average molecular weight is 311 g/mol. The molecule has 3 rings (SSSR count). The molecule has 1 N–H and O–H groups in total. The van der Waals surface area contributed by atoms with Crippen molar-refractivity contribution in [2.45, 2.75) is 32.9 Å². The summed E-state index contributed by atoms with van der Waals surface area (Å²) in [5.74, 6) is 0.877. The zero-order valence-electron chi connectivity index (χ0n) is 13.3. The first-order chi connectivity index (χ1) is 11.3. The monoisotopic (exact) mass is 311 g/mol. The maximum Gasteiger partial charge on any atom is 0.127 e. The molecule has 0 aliphatic carbocycles. The normalized spacial score (nSPS) is 11.0. The van der Waals surface area contributed by atoms with Gasteiger partial charge >= 0.3 is 0 Å². The highest BCUT2D eigenvalue weighted by molar-refractivity contribution is 5.88. The van der Waals surface area contributed by atoms with Crippen molar-refractivity contribution in [3.8, 4) is 5.75 Å². The zero-order chi connectivity index (χ0) is 16.1. The molecule has 5 nitrogen and oxygen atoms in total. The van der Waals surface area contributed by atoms with Crippen LogP contribution in [0.5, 0.6) is 5.75 Å². The molecule has 0 saturated heterocycles. The summed E-state index contributed by atoms with van der Waals surface area (Å²) in [6.45, 7) is 3.16. The first-order valence-electron chi connectivity index (χ1n) is 7.96. The Morgan fingerprint density at radius 3 is 2.78 bits per heavy atom. The first-order valence-corrected chi connectivity index (χ1v) is 7.96. The van der Waals surface area contributed by atoms with Gasteiger partial charge in [0.1, 0.15) is 18.1 Å². The SMILES string of the molecule is CCCc1c(CO)nnn1CCOc1cccc2ccccc12. The molecule has 0 aliphatic heterocycles. The molecule has 2 aromatic carbocycles. The Morgan fingerprint density at radius 1 is 1.13 bits per heavy atom. The third-order valence-corrected chi connectivity index (χ3v) is 3.86. The largest absolute Gasteiger partial charge is 0.491 e. The number of aliphatic hydroxyl groups is 1. The van der Waals surface area contributed by atoms with Crippen LogP contribution >= 0.6 is 0 Å². The van der Waals surface area contributed by atoms with E-state index in [4.69, 9.17) is 4.74 Å². The molecule has 5 heteroatoms. The summed E-state index contributed by atoms with van der Waals surface area (Å²) >= 11 is 0. The van der Waals surface area contributed by atoms with E-state index in [0.29, 0.717) is 18.8 Å². The van der Waals surface area contributed by atoms with Gasteiger partial charge in [0.25, 0.3) is 0 Å². The van der Waals surface area contributed by atoms with E-state index in [9.17, 15) is 5.11 Å². The zero-order valence-corrected chi connectivity index (χ0v) is 13.3. The summed E-state index contributed by atoms with van der Waals surface area (Å²) in [6.07, 6.45) is 1.85. The molecule has 0 fully saturated rings. The number of benzene rings is 2. The summed E-state index contributed by atoms with van der Waals surface area (Å²) in [5, 5.41) is 19.8. The van der Waals surface area contributed by atoms with Gasteiger partial charge in [0.15, 0.2) is 0 Å². The molecule has 3 aromatic rings. The number of ether oxygens (including phenoxy) is 1. The van der Waals surface area contributed by atoms with Gasteiger partial charge in [-0.1, -0.05) is 55.0 Å². The van der Waals surface area contributed by atoms with Crippen LogP contribution in [0.2, 0.25) is 0 Å². The van der Waals surface area contributed by atoms with Gasteiger partial charge in [-0.2, -0.15) is 0 Å². The summed E-state index contributed by atoms with van der Waals surface area (Å²) < 4.78 is 7.78. The Morgan fingerprint density at radius 2 is 1.96 bits per heavy atom. The Labute approximate surface area is 135 Å². The molecule has 0 unspecified atom stereocenters. The number of nitrogens with zero attached hydrogens (tertiary/aromatic N) is 3. The molecule has 0 aliphatic rings. The van der Waals surface area contributed by atoms with Gasteiger partial charge in [-0.15, -0.1) is 5.10 Å². The van der Waals surface area contributed by atoms with Crippen molar-refractivity contribution in [1.82, 2.24) is 15.0 Å². The van der Waals surface area contributed by atoms with Gasteiger partial charge < -0.3 is 9.84 Å². The Kier molecular flexibility index (Phi) is 4.88. The Balaban J connectivity index is 1.71. The minimum Gasteiger partial charge on any atom is -0.491 e. The lowest BCUT2D eigenvalue weighted by Crippen LogP contribution is -2.13. The second-order valence-corrected chi connectivity index (χ2v) is 5.44. The van der Waals surface area contributed by atoms with Gasteiger partial charge in [0, 0.05) is 5.39 Å². The van der Waals surface area contributed by atoms with Gasteiger partial charge in [-0.3, -0.25) is 0 Å². The fraction of sp³-hybridized carbons (Fsp3) is 0.333. The van der Waals surface area contributed by atoms with Crippen LogP contribution in [0.25, 0.3) is 10.8 Å². The molecule has 1 heterocycles. The number of hydrogen-bond donors (Lipinski definition) is 1. The average Bonchev–Trinajstić information content (AvgIpc) is 2.97. The maximum absolute atomic E-state index is 9.33. The van der Waals surface area contributed by atoms with Crippen molar-refractivity contribution in [1.29, 1.82) is 0 Å². The number of hydrogen-bond acceptors (Lipinski definition) is 4. The van der Waals surface area contributed by atoms with E-state index in [2.05, 4.69) is 35.4 Å². The number of aliphatic hydroxyl groups excluding tert-OH is 1. The topological polar surface area (TPSA) is 60.2 Å². The molecule has 0 atom stereocenters. The van der Waals surface area contributed by atoms with Crippen molar-refractivity contribution in [3.05, 3.63) is 53.9 Å². The van der Waals surface area contributed by atoms with Crippen molar-refractivity contribution in [3.63, 3.8) is 0 Å². The van der Waals surface area contributed by atoms with Crippen LogP contribution in [0.1, 0.15) is 24.7 Å². The van der Waals surface area contributed by atoms with Crippen molar-refractivity contribution in [2.24, 2.45) is 0 Å². The van der Waals surface area contributed by atoms with E-state index < -0.39 is 0 Å². The van der Waals surface area contributed by atoms with Gasteiger partial charge in [-0.25, -0.2) is 4.68 Å². The summed E-state index contributed by atoms with van der Waals surface area (Å²) in [7, 11) is 0. The molecule has 0 amide bonds. The Hall–Kier alpha value is -2.40. The van der Waals surface area contributed by atoms with Crippen LogP contribution in [0, 0.1) is 0 Å². The lowest BCUT2D eigenvalue weighted by atomic mass is 10.1. The first kappa shape index (κ1) is 15.5. The summed E-state index contributed by atoms with van der Waals surface area (Å²) in [5.41, 5.74) is 1.66. The maximum atomic E-state index is 9.33. The number of fused-ring (bicyclic) bond motifs is 1. The lowest BCUT2D eigenvalue weighted by Gasteiger charge is -2.10.